The molecule has 5 N–H and O–H groups in total. The molecule has 0 aromatic heterocycles. The number of hydrogen-bond acceptors (Lipinski definition) is 2. The summed E-state index contributed by atoms with van der Waals surface area (Å²) in [7, 11) is 0. The third kappa shape index (κ3) is 4.86. The molecule has 1 rings (SSSR count). The zero-order valence-corrected chi connectivity index (χ0v) is 10.6. The van der Waals surface area contributed by atoms with E-state index in [0.717, 1.165) is 12.0 Å². The molecule has 0 saturated carbocycles. The van der Waals surface area contributed by atoms with E-state index in [4.69, 9.17) is 11.1 Å². The van der Waals surface area contributed by atoms with Crippen molar-refractivity contribution in [2.75, 3.05) is 0 Å². The van der Waals surface area contributed by atoms with Gasteiger partial charge in [-0.05, 0) is 12.0 Å². The Kier molecular flexibility index (Phi) is 5.70. The number of hydrogen-bond donors (Lipinski definition) is 4. The van der Waals surface area contributed by atoms with Crippen molar-refractivity contribution in [1.29, 1.82) is 5.41 Å². The molecule has 2 amide bonds. The van der Waals surface area contributed by atoms with Crippen LogP contribution in [0.5, 0.6) is 0 Å². The van der Waals surface area contributed by atoms with Gasteiger partial charge in [-0.15, -0.1) is 0 Å². The molecule has 1 atom stereocenters. The quantitative estimate of drug-likeness (QED) is 0.455. The second kappa shape index (κ2) is 7.32. The summed E-state index contributed by atoms with van der Waals surface area (Å²) < 4.78 is 0. The normalized spacial score (nSPS) is 11.6. The first kappa shape index (κ1) is 14.0. The molecule has 18 heavy (non-hydrogen) atoms. The number of benzene rings is 1. The maximum absolute atomic E-state index is 11.6. The van der Waals surface area contributed by atoms with Gasteiger partial charge in [-0.2, -0.15) is 0 Å². The highest BCUT2D eigenvalue weighted by Crippen LogP contribution is 1.98. The summed E-state index contributed by atoms with van der Waals surface area (Å²) in [6.45, 7) is 2.45. The van der Waals surface area contributed by atoms with Gasteiger partial charge < -0.3 is 16.4 Å². The SMILES string of the molecule is CCCC(NC(=O)NCc1ccccc1)C(=N)N. The number of rotatable bonds is 6. The van der Waals surface area contributed by atoms with Gasteiger partial charge in [0.2, 0.25) is 0 Å². The van der Waals surface area contributed by atoms with E-state index in [1.165, 1.54) is 0 Å². The first-order valence-corrected chi connectivity index (χ1v) is 6.05. The molecule has 1 unspecified atom stereocenters. The monoisotopic (exact) mass is 248 g/mol. The number of amidine groups is 1. The molecule has 0 spiro atoms. The fraction of sp³-hybridized carbons (Fsp3) is 0.385. The Labute approximate surface area is 107 Å². The van der Waals surface area contributed by atoms with Crippen molar-refractivity contribution in [3.63, 3.8) is 0 Å². The predicted molar refractivity (Wildman–Crippen MR) is 72.4 cm³/mol. The van der Waals surface area contributed by atoms with Gasteiger partial charge >= 0.3 is 6.03 Å². The third-order valence-corrected chi connectivity index (χ3v) is 2.55. The minimum atomic E-state index is -0.384. The number of carbonyl (C=O) groups is 1. The van der Waals surface area contributed by atoms with Gasteiger partial charge in [-0.25, -0.2) is 4.79 Å². The van der Waals surface area contributed by atoms with Crippen LogP contribution in [0.1, 0.15) is 25.3 Å². The number of nitrogens with two attached hydrogens (primary N) is 1. The van der Waals surface area contributed by atoms with Crippen molar-refractivity contribution in [1.82, 2.24) is 10.6 Å². The lowest BCUT2D eigenvalue weighted by atomic mass is 10.1. The predicted octanol–water partition coefficient (Wildman–Crippen LogP) is 1.59. The Balaban J connectivity index is 2.39. The van der Waals surface area contributed by atoms with Crippen LogP contribution < -0.4 is 16.4 Å². The van der Waals surface area contributed by atoms with Crippen LogP contribution >= 0.6 is 0 Å². The van der Waals surface area contributed by atoms with E-state index in [1.54, 1.807) is 0 Å². The average molecular weight is 248 g/mol. The van der Waals surface area contributed by atoms with Gasteiger partial charge in [0, 0.05) is 6.54 Å². The highest BCUT2D eigenvalue weighted by atomic mass is 16.2. The van der Waals surface area contributed by atoms with Crippen LogP contribution in [0.2, 0.25) is 0 Å². The van der Waals surface area contributed by atoms with Crippen LogP contribution in [0.25, 0.3) is 0 Å². The van der Waals surface area contributed by atoms with Gasteiger partial charge in [0.1, 0.15) is 5.84 Å². The molecule has 1 aromatic carbocycles. The highest BCUT2D eigenvalue weighted by Gasteiger charge is 2.13. The molecule has 0 radical (unpaired) electrons. The van der Waals surface area contributed by atoms with Crippen molar-refractivity contribution < 1.29 is 4.79 Å². The Morgan fingerprint density at radius 1 is 1.39 bits per heavy atom. The van der Waals surface area contributed by atoms with Gasteiger partial charge in [-0.1, -0.05) is 43.7 Å². The summed E-state index contributed by atoms with van der Waals surface area (Å²) in [6, 6.07) is 8.97. The van der Waals surface area contributed by atoms with Crippen LogP contribution in [0.3, 0.4) is 0 Å². The van der Waals surface area contributed by atoms with Gasteiger partial charge in [0.05, 0.1) is 6.04 Å². The molecular weight excluding hydrogens is 228 g/mol. The van der Waals surface area contributed by atoms with E-state index in [0.29, 0.717) is 13.0 Å². The molecule has 0 bridgehead atoms. The number of nitrogens with one attached hydrogen (secondary N) is 3. The number of urea groups is 1. The molecular formula is C13H20N4O. The van der Waals surface area contributed by atoms with E-state index in [1.807, 2.05) is 37.3 Å². The molecule has 0 aliphatic carbocycles. The average Bonchev–Trinajstić information content (AvgIpc) is 2.37. The lowest BCUT2D eigenvalue weighted by Gasteiger charge is -2.17. The maximum atomic E-state index is 11.6. The summed E-state index contributed by atoms with van der Waals surface area (Å²) in [6.07, 6.45) is 1.54. The molecule has 1 aromatic rings. The lowest BCUT2D eigenvalue weighted by molar-refractivity contribution is 0.238. The van der Waals surface area contributed by atoms with Crippen LogP contribution in [-0.4, -0.2) is 17.9 Å². The second-order valence-corrected chi connectivity index (χ2v) is 4.11. The van der Waals surface area contributed by atoms with Crippen LogP contribution in [-0.2, 0) is 6.54 Å². The van der Waals surface area contributed by atoms with Crippen LogP contribution in [0.15, 0.2) is 30.3 Å². The van der Waals surface area contributed by atoms with Crippen molar-refractivity contribution in [3.8, 4) is 0 Å². The van der Waals surface area contributed by atoms with Crippen LogP contribution in [0.4, 0.5) is 4.79 Å². The summed E-state index contributed by atoms with van der Waals surface area (Å²) in [5.74, 6) is -0.00767. The summed E-state index contributed by atoms with van der Waals surface area (Å²) >= 11 is 0. The Hall–Kier alpha value is -2.04. The first-order chi connectivity index (χ1) is 8.63. The Morgan fingerprint density at radius 3 is 2.61 bits per heavy atom. The van der Waals surface area contributed by atoms with Gasteiger partial charge in [0.25, 0.3) is 0 Å². The van der Waals surface area contributed by atoms with Crippen molar-refractivity contribution in [3.05, 3.63) is 35.9 Å². The van der Waals surface area contributed by atoms with E-state index >= 15 is 0 Å². The summed E-state index contributed by atoms with van der Waals surface area (Å²) in [5, 5.41) is 12.8. The molecule has 5 heteroatoms. The highest BCUT2D eigenvalue weighted by molar-refractivity contribution is 5.87. The molecule has 5 nitrogen and oxygen atoms in total. The van der Waals surface area contributed by atoms with E-state index in [9.17, 15) is 4.79 Å². The Morgan fingerprint density at radius 2 is 2.06 bits per heavy atom. The second-order valence-electron chi connectivity index (χ2n) is 4.11. The minimum Gasteiger partial charge on any atom is -0.386 e. The minimum absolute atomic E-state index is 0.00767. The molecule has 0 saturated heterocycles. The number of amides is 2. The van der Waals surface area contributed by atoms with E-state index < -0.39 is 0 Å². The van der Waals surface area contributed by atoms with Crippen molar-refractivity contribution in [2.45, 2.75) is 32.4 Å². The Bertz CT molecular complexity index is 391. The van der Waals surface area contributed by atoms with Crippen LogP contribution in [0, 0.1) is 5.41 Å². The zero-order valence-electron chi connectivity index (χ0n) is 10.6. The lowest BCUT2D eigenvalue weighted by Crippen LogP contribution is -2.47. The van der Waals surface area contributed by atoms with Crippen molar-refractivity contribution >= 4 is 11.9 Å². The standard InChI is InChI=1S/C13H20N4O/c1-2-6-11(12(14)15)17-13(18)16-9-10-7-4-3-5-8-10/h3-5,7-8,11H,2,6,9H2,1H3,(H3,14,15)(H2,16,17,18). The van der Waals surface area contributed by atoms with E-state index in [-0.39, 0.29) is 17.9 Å². The molecule has 0 aliphatic rings. The van der Waals surface area contributed by atoms with E-state index in [2.05, 4.69) is 10.6 Å². The zero-order chi connectivity index (χ0) is 13.4. The number of carbonyl (C=O) groups excluding carboxylic acids is 1. The molecule has 98 valence electrons. The summed E-state index contributed by atoms with van der Waals surface area (Å²) in [5.41, 5.74) is 6.45. The van der Waals surface area contributed by atoms with Gasteiger partial charge in [-0.3, -0.25) is 5.41 Å². The first-order valence-electron chi connectivity index (χ1n) is 6.05. The fourth-order valence-electron chi connectivity index (χ4n) is 1.58. The van der Waals surface area contributed by atoms with Crippen molar-refractivity contribution in [2.24, 2.45) is 5.73 Å². The smallest absolute Gasteiger partial charge is 0.315 e. The largest absolute Gasteiger partial charge is 0.386 e. The maximum Gasteiger partial charge on any atom is 0.315 e. The molecule has 0 aliphatic heterocycles. The molecule has 0 heterocycles. The third-order valence-electron chi connectivity index (χ3n) is 2.55. The topological polar surface area (TPSA) is 91.0 Å². The summed E-state index contributed by atoms with van der Waals surface area (Å²) in [4.78, 5) is 11.6. The van der Waals surface area contributed by atoms with Gasteiger partial charge in [0.15, 0.2) is 0 Å². The molecule has 0 fully saturated rings. The fourth-order valence-corrected chi connectivity index (χ4v) is 1.58.